The summed E-state index contributed by atoms with van der Waals surface area (Å²) >= 11 is 5.86. The average molecular weight is 240 g/mol. The van der Waals surface area contributed by atoms with Gasteiger partial charge in [-0.2, -0.15) is 4.98 Å². The van der Waals surface area contributed by atoms with Gasteiger partial charge in [0.15, 0.2) is 6.33 Å². The van der Waals surface area contributed by atoms with Crippen LogP contribution in [0.25, 0.3) is 0 Å². The van der Waals surface area contributed by atoms with E-state index in [9.17, 15) is 0 Å². The SMILES string of the molecule is Cc1c(Cl)ncnc1NCCc1ncno1. The predicted octanol–water partition coefficient (Wildman–Crippen LogP) is 1.48. The van der Waals surface area contributed by atoms with E-state index >= 15 is 0 Å². The first-order valence-corrected chi connectivity index (χ1v) is 5.11. The van der Waals surface area contributed by atoms with Crippen molar-refractivity contribution in [3.8, 4) is 0 Å². The van der Waals surface area contributed by atoms with Crippen molar-refractivity contribution in [3.63, 3.8) is 0 Å². The van der Waals surface area contributed by atoms with Crippen LogP contribution >= 0.6 is 11.6 Å². The van der Waals surface area contributed by atoms with E-state index in [-0.39, 0.29) is 0 Å². The van der Waals surface area contributed by atoms with Crippen LogP contribution in [0, 0.1) is 6.92 Å². The molecule has 84 valence electrons. The van der Waals surface area contributed by atoms with Gasteiger partial charge in [0.2, 0.25) is 5.89 Å². The summed E-state index contributed by atoms with van der Waals surface area (Å²) in [6, 6.07) is 0. The Morgan fingerprint density at radius 3 is 2.94 bits per heavy atom. The molecule has 2 aromatic heterocycles. The normalized spacial score (nSPS) is 10.4. The van der Waals surface area contributed by atoms with Crippen molar-refractivity contribution in [2.45, 2.75) is 13.3 Å². The van der Waals surface area contributed by atoms with Crippen LogP contribution in [0.15, 0.2) is 17.2 Å². The molecule has 6 nitrogen and oxygen atoms in total. The second-order valence-electron chi connectivity index (χ2n) is 3.15. The molecule has 0 spiro atoms. The molecular formula is C9H10ClN5O. The summed E-state index contributed by atoms with van der Waals surface area (Å²) in [7, 11) is 0. The summed E-state index contributed by atoms with van der Waals surface area (Å²) in [4.78, 5) is 11.9. The Bertz CT molecular complexity index is 459. The van der Waals surface area contributed by atoms with Gasteiger partial charge < -0.3 is 9.84 Å². The molecule has 7 heteroatoms. The zero-order valence-electron chi connectivity index (χ0n) is 8.64. The third-order valence-corrected chi connectivity index (χ3v) is 2.44. The van der Waals surface area contributed by atoms with E-state index < -0.39 is 0 Å². The molecule has 0 radical (unpaired) electrons. The first kappa shape index (κ1) is 10.8. The van der Waals surface area contributed by atoms with E-state index in [4.69, 9.17) is 16.1 Å². The minimum Gasteiger partial charge on any atom is -0.369 e. The maximum atomic E-state index is 5.86. The number of nitrogens with one attached hydrogen (secondary N) is 1. The fourth-order valence-electron chi connectivity index (χ4n) is 1.20. The molecule has 0 atom stereocenters. The molecule has 0 unspecified atom stereocenters. The summed E-state index contributed by atoms with van der Waals surface area (Å²) in [6.45, 7) is 2.51. The van der Waals surface area contributed by atoms with Gasteiger partial charge in [-0.25, -0.2) is 9.97 Å². The number of halogens is 1. The largest absolute Gasteiger partial charge is 0.369 e. The highest BCUT2D eigenvalue weighted by Crippen LogP contribution is 2.17. The molecule has 2 heterocycles. The Kier molecular flexibility index (Phi) is 3.31. The third kappa shape index (κ3) is 2.46. The van der Waals surface area contributed by atoms with Gasteiger partial charge in [0, 0.05) is 18.5 Å². The monoisotopic (exact) mass is 239 g/mol. The van der Waals surface area contributed by atoms with Gasteiger partial charge in [0.25, 0.3) is 0 Å². The lowest BCUT2D eigenvalue weighted by Crippen LogP contribution is -2.08. The Morgan fingerprint density at radius 1 is 1.31 bits per heavy atom. The highest BCUT2D eigenvalue weighted by Gasteiger charge is 2.05. The molecule has 0 aliphatic carbocycles. The van der Waals surface area contributed by atoms with Crippen LogP contribution in [0.4, 0.5) is 5.82 Å². The van der Waals surface area contributed by atoms with Crippen molar-refractivity contribution in [1.29, 1.82) is 0 Å². The molecule has 1 N–H and O–H groups in total. The quantitative estimate of drug-likeness (QED) is 0.815. The fourth-order valence-corrected chi connectivity index (χ4v) is 1.33. The van der Waals surface area contributed by atoms with E-state index in [1.165, 1.54) is 12.7 Å². The molecule has 0 saturated heterocycles. The molecule has 0 aliphatic heterocycles. The van der Waals surface area contributed by atoms with Crippen molar-refractivity contribution < 1.29 is 4.52 Å². The third-order valence-electron chi connectivity index (χ3n) is 2.06. The van der Waals surface area contributed by atoms with Crippen LogP contribution in [-0.2, 0) is 6.42 Å². The molecule has 0 aliphatic rings. The van der Waals surface area contributed by atoms with Gasteiger partial charge in [0.05, 0.1) is 0 Å². The van der Waals surface area contributed by atoms with Gasteiger partial charge >= 0.3 is 0 Å². The summed E-state index contributed by atoms with van der Waals surface area (Å²) < 4.78 is 4.87. The first-order valence-electron chi connectivity index (χ1n) is 4.74. The Balaban J connectivity index is 1.92. The number of nitrogens with zero attached hydrogens (tertiary/aromatic N) is 4. The second kappa shape index (κ2) is 4.89. The molecule has 16 heavy (non-hydrogen) atoms. The van der Waals surface area contributed by atoms with Crippen molar-refractivity contribution in [2.24, 2.45) is 0 Å². The minimum atomic E-state index is 0.454. The van der Waals surface area contributed by atoms with Crippen LogP contribution in [0.3, 0.4) is 0 Å². The van der Waals surface area contributed by atoms with Crippen LogP contribution in [-0.4, -0.2) is 26.7 Å². The molecule has 0 fully saturated rings. The molecule has 0 saturated carbocycles. The summed E-state index contributed by atoms with van der Waals surface area (Å²) in [5.74, 6) is 1.31. The molecule has 2 rings (SSSR count). The van der Waals surface area contributed by atoms with Crippen molar-refractivity contribution in [3.05, 3.63) is 29.3 Å². The lowest BCUT2D eigenvalue weighted by Gasteiger charge is -2.06. The van der Waals surface area contributed by atoms with Gasteiger partial charge in [-0.05, 0) is 6.92 Å². The van der Waals surface area contributed by atoms with E-state index in [1.807, 2.05) is 6.92 Å². The zero-order chi connectivity index (χ0) is 11.4. The summed E-state index contributed by atoms with van der Waals surface area (Å²) in [5, 5.41) is 7.10. The number of hydrogen-bond acceptors (Lipinski definition) is 6. The summed E-state index contributed by atoms with van der Waals surface area (Å²) in [5.41, 5.74) is 0.828. The lowest BCUT2D eigenvalue weighted by atomic mass is 10.3. The Morgan fingerprint density at radius 2 is 2.19 bits per heavy atom. The lowest BCUT2D eigenvalue weighted by molar-refractivity contribution is 0.379. The van der Waals surface area contributed by atoms with Crippen molar-refractivity contribution in [1.82, 2.24) is 20.1 Å². The molecular weight excluding hydrogens is 230 g/mol. The molecule has 0 aromatic carbocycles. The maximum absolute atomic E-state index is 5.86. The van der Waals surface area contributed by atoms with E-state index in [0.717, 1.165) is 11.4 Å². The van der Waals surface area contributed by atoms with Crippen LogP contribution in [0.5, 0.6) is 0 Å². The topological polar surface area (TPSA) is 76.7 Å². The fraction of sp³-hybridized carbons (Fsp3) is 0.333. The Hall–Kier alpha value is -1.69. The average Bonchev–Trinajstić information content (AvgIpc) is 2.77. The molecule has 0 bridgehead atoms. The van der Waals surface area contributed by atoms with Gasteiger partial charge in [-0.1, -0.05) is 16.8 Å². The number of rotatable bonds is 4. The number of aromatic nitrogens is 4. The van der Waals surface area contributed by atoms with Gasteiger partial charge in [0.1, 0.15) is 17.3 Å². The first-order chi connectivity index (χ1) is 7.77. The van der Waals surface area contributed by atoms with Gasteiger partial charge in [-0.15, -0.1) is 0 Å². The second-order valence-corrected chi connectivity index (χ2v) is 3.51. The van der Waals surface area contributed by atoms with E-state index in [1.54, 1.807) is 0 Å². The van der Waals surface area contributed by atoms with Crippen LogP contribution < -0.4 is 5.32 Å². The minimum absolute atomic E-state index is 0.454. The van der Waals surface area contributed by atoms with Crippen LogP contribution in [0.2, 0.25) is 5.15 Å². The summed E-state index contributed by atoms with van der Waals surface area (Å²) in [6.07, 6.45) is 3.44. The van der Waals surface area contributed by atoms with E-state index in [2.05, 4.69) is 25.4 Å². The van der Waals surface area contributed by atoms with Gasteiger partial charge in [-0.3, -0.25) is 0 Å². The number of anilines is 1. The Labute approximate surface area is 97.1 Å². The zero-order valence-corrected chi connectivity index (χ0v) is 9.40. The molecule has 0 amide bonds. The highest BCUT2D eigenvalue weighted by atomic mass is 35.5. The van der Waals surface area contributed by atoms with E-state index in [0.29, 0.717) is 24.0 Å². The predicted molar refractivity (Wildman–Crippen MR) is 58.3 cm³/mol. The molecule has 2 aromatic rings. The van der Waals surface area contributed by atoms with Crippen LogP contribution in [0.1, 0.15) is 11.5 Å². The standard InChI is InChI=1S/C9H10ClN5O/c1-6-8(10)13-4-14-9(6)11-3-2-7-12-5-15-16-7/h4-5H,2-3H2,1H3,(H,11,13,14). The van der Waals surface area contributed by atoms with Crippen molar-refractivity contribution >= 4 is 17.4 Å². The van der Waals surface area contributed by atoms with Crippen molar-refractivity contribution in [2.75, 3.05) is 11.9 Å². The maximum Gasteiger partial charge on any atom is 0.228 e. The smallest absolute Gasteiger partial charge is 0.228 e. The number of hydrogen-bond donors (Lipinski definition) is 1. The highest BCUT2D eigenvalue weighted by molar-refractivity contribution is 6.30.